The van der Waals surface area contributed by atoms with Crippen LogP contribution in [0.1, 0.15) is 43.9 Å². The molecule has 16 heavy (non-hydrogen) atoms. The summed E-state index contributed by atoms with van der Waals surface area (Å²) < 4.78 is 0. The van der Waals surface area contributed by atoms with E-state index in [1.54, 1.807) is 6.33 Å². The van der Waals surface area contributed by atoms with Gasteiger partial charge in [0.1, 0.15) is 12.1 Å². The molecule has 0 unspecified atom stereocenters. The van der Waals surface area contributed by atoms with Crippen LogP contribution in [-0.2, 0) is 17.6 Å². The highest BCUT2D eigenvalue weighted by Crippen LogP contribution is 2.23. The minimum atomic E-state index is 0.0608. The third-order valence-electron chi connectivity index (χ3n) is 2.91. The number of hydrogen-bond donors (Lipinski definition) is 1. The van der Waals surface area contributed by atoms with Gasteiger partial charge in [-0.1, -0.05) is 19.8 Å². The van der Waals surface area contributed by atoms with Gasteiger partial charge in [0, 0.05) is 17.7 Å². The highest BCUT2D eigenvalue weighted by molar-refractivity contribution is 5.92. The van der Waals surface area contributed by atoms with Crippen LogP contribution in [0.4, 0.5) is 5.82 Å². The van der Waals surface area contributed by atoms with Gasteiger partial charge in [-0.05, 0) is 19.3 Å². The number of amides is 1. The molecule has 1 aromatic rings. The first kappa shape index (κ1) is 11.0. The zero-order valence-corrected chi connectivity index (χ0v) is 9.62. The van der Waals surface area contributed by atoms with E-state index in [1.807, 2.05) is 0 Å². The van der Waals surface area contributed by atoms with Crippen molar-refractivity contribution in [3.8, 4) is 0 Å². The molecule has 2 heterocycles. The van der Waals surface area contributed by atoms with Gasteiger partial charge in [0.05, 0.1) is 0 Å². The largest absolute Gasteiger partial charge is 0.310 e. The van der Waals surface area contributed by atoms with Crippen LogP contribution in [0.2, 0.25) is 0 Å². The van der Waals surface area contributed by atoms with Crippen LogP contribution in [0.3, 0.4) is 0 Å². The molecule has 0 atom stereocenters. The maximum atomic E-state index is 11.2. The Hall–Kier alpha value is -1.45. The summed E-state index contributed by atoms with van der Waals surface area (Å²) in [5.41, 5.74) is 2.25. The van der Waals surface area contributed by atoms with Crippen LogP contribution in [-0.4, -0.2) is 15.9 Å². The van der Waals surface area contributed by atoms with E-state index < -0.39 is 0 Å². The fourth-order valence-electron chi connectivity index (χ4n) is 2.01. The molecule has 0 aromatic carbocycles. The zero-order valence-electron chi connectivity index (χ0n) is 9.62. The molecular weight excluding hydrogens is 202 g/mol. The van der Waals surface area contributed by atoms with Gasteiger partial charge in [0.25, 0.3) is 0 Å². The van der Waals surface area contributed by atoms with Crippen molar-refractivity contribution in [2.45, 2.75) is 45.4 Å². The van der Waals surface area contributed by atoms with E-state index in [9.17, 15) is 4.79 Å². The van der Waals surface area contributed by atoms with Crippen molar-refractivity contribution < 1.29 is 4.79 Å². The summed E-state index contributed by atoms with van der Waals surface area (Å²) in [4.78, 5) is 19.7. The molecule has 0 fully saturated rings. The van der Waals surface area contributed by atoms with E-state index >= 15 is 0 Å². The molecule has 1 amide bonds. The maximum absolute atomic E-state index is 11.2. The molecular formula is C12H17N3O. The summed E-state index contributed by atoms with van der Waals surface area (Å²) in [7, 11) is 0. The molecule has 1 aliphatic heterocycles. The molecule has 0 bridgehead atoms. The van der Waals surface area contributed by atoms with E-state index in [-0.39, 0.29) is 5.91 Å². The molecule has 0 saturated heterocycles. The van der Waals surface area contributed by atoms with E-state index in [2.05, 4.69) is 22.2 Å². The number of rotatable bonds is 4. The highest BCUT2D eigenvalue weighted by Gasteiger charge is 2.19. The average Bonchev–Trinajstić information content (AvgIpc) is 2.29. The van der Waals surface area contributed by atoms with Gasteiger partial charge in [0.15, 0.2) is 0 Å². The first-order chi connectivity index (χ1) is 7.81. The Bertz CT molecular complexity index is 390. The molecule has 4 heteroatoms. The fourth-order valence-corrected chi connectivity index (χ4v) is 2.01. The normalized spacial score (nSPS) is 14.4. The van der Waals surface area contributed by atoms with Gasteiger partial charge < -0.3 is 5.32 Å². The standard InChI is InChI=1S/C12H17N3O/c1-2-3-4-5-10-9-6-7-11(16)15-12(9)14-8-13-10/h8H,2-7H2,1H3,(H,13,14,15,16). The third-order valence-corrected chi connectivity index (χ3v) is 2.91. The predicted molar refractivity (Wildman–Crippen MR) is 62.2 cm³/mol. The summed E-state index contributed by atoms with van der Waals surface area (Å²) in [6.45, 7) is 2.19. The van der Waals surface area contributed by atoms with Crippen molar-refractivity contribution in [1.29, 1.82) is 0 Å². The first-order valence-corrected chi connectivity index (χ1v) is 5.94. The molecule has 1 aromatic heterocycles. The average molecular weight is 219 g/mol. The fraction of sp³-hybridized carbons (Fsp3) is 0.583. The molecule has 1 aliphatic rings. The van der Waals surface area contributed by atoms with Crippen molar-refractivity contribution in [2.24, 2.45) is 0 Å². The second kappa shape index (κ2) is 5.05. The van der Waals surface area contributed by atoms with Crippen molar-refractivity contribution in [3.63, 3.8) is 0 Å². The van der Waals surface area contributed by atoms with E-state index in [0.29, 0.717) is 6.42 Å². The van der Waals surface area contributed by atoms with Crippen molar-refractivity contribution >= 4 is 11.7 Å². The number of fused-ring (bicyclic) bond motifs is 1. The lowest BCUT2D eigenvalue weighted by molar-refractivity contribution is -0.116. The van der Waals surface area contributed by atoms with Gasteiger partial charge in [-0.2, -0.15) is 0 Å². The van der Waals surface area contributed by atoms with Gasteiger partial charge in [-0.15, -0.1) is 0 Å². The maximum Gasteiger partial charge on any atom is 0.225 e. The Kier molecular flexibility index (Phi) is 3.49. The van der Waals surface area contributed by atoms with Crippen LogP contribution in [0.5, 0.6) is 0 Å². The number of anilines is 1. The van der Waals surface area contributed by atoms with Crippen molar-refractivity contribution in [2.75, 3.05) is 5.32 Å². The lowest BCUT2D eigenvalue weighted by Gasteiger charge is -2.17. The Morgan fingerprint density at radius 3 is 3.00 bits per heavy atom. The molecule has 0 spiro atoms. The Labute approximate surface area is 95.5 Å². The van der Waals surface area contributed by atoms with Crippen LogP contribution < -0.4 is 5.32 Å². The first-order valence-electron chi connectivity index (χ1n) is 5.94. The zero-order chi connectivity index (χ0) is 11.4. The second-order valence-electron chi connectivity index (χ2n) is 4.15. The number of unbranched alkanes of at least 4 members (excludes halogenated alkanes) is 2. The molecule has 1 N–H and O–H groups in total. The van der Waals surface area contributed by atoms with Gasteiger partial charge in [0.2, 0.25) is 5.91 Å². The van der Waals surface area contributed by atoms with Gasteiger partial charge in [-0.25, -0.2) is 9.97 Å². The van der Waals surface area contributed by atoms with Crippen molar-refractivity contribution in [3.05, 3.63) is 17.6 Å². The molecule has 0 radical (unpaired) electrons. The Morgan fingerprint density at radius 1 is 1.31 bits per heavy atom. The predicted octanol–water partition coefficient (Wildman–Crippen LogP) is 2.09. The molecule has 4 nitrogen and oxygen atoms in total. The number of nitrogens with zero attached hydrogens (tertiary/aromatic N) is 2. The lowest BCUT2D eigenvalue weighted by atomic mass is 10.0. The van der Waals surface area contributed by atoms with Crippen LogP contribution in [0.15, 0.2) is 6.33 Å². The molecule has 0 aliphatic carbocycles. The summed E-state index contributed by atoms with van der Waals surface area (Å²) in [6, 6.07) is 0. The third kappa shape index (κ3) is 2.38. The summed E-state index contributed by atoms with van der Waals surface area (Å²) >= 11 is 0. The lowest BCUT2D eigenvalue weighted by Crippen LogP contribution is -2.21. The Balaban J connectivity index is 2.13. The van der Waals surface area contributed by atoms with Gasteiger partial charge >= 0.3 is 0 Å². The summed E-state index contributed by atoms with van der Waals surface area (Å²) in [6.07, 6.45) is 7.48. The van der Waals surface area contributed by atoms with Crippen LogP contribution in [0, 0.1) is 0 Å². The number of hydrogen-bond acceptors (Lipinski definition) is 3. The van der Waals surface area contributed by atoms with Crippen LogP contribution in [0.25, 0.3) is 0 Å². The van der Waals surface area contributed by atoms with E-state index in [0.717, 1.165) is 36.3 Å². The number of nitrogens with one attached hydrogen (secondary N) is 1. The smallest absolute Gasteiger partial charge is 0.225 e. The quantitative estimate of drug-likeness (QED) is 0.789. The number of aromatic nitrogens is 2. The minimum absolute atomic E-state index is 0.0608. The Morgan fingerprint density at radius 2 is 2.19 bits per heavy atom. The topological polar surface area (TPSA) is 54.9 Å². The van der Waals surface area contributed by atoms with Crippen molar-refractivity contribution in [1.82, 2.24) is 9.97 Å². The number of carbonyl (C=O) groups is 1. The molecule has 0 saturated carbocycles. The SMILES string of the molecule is CCCCCc1ncnc2c1CCC(=O)N2. The van der Waals surface area contributed by atoms with Gasteiger partial charge in [-0.3, -0.25) is 4.79 Å². The minimum Gasteiger partial charge on any atom is -0.310 e. The second-order valence-corrected chi connectivity index (χ2v) is 4.15. The summed E-state index contributed by atoms with van der Waals surface area (Å²) in [5.74, 6) is 0.781. The van der Waals surface area contributed by atoms with Crippen LogP contribution >= 0.6 is 0 Å². The summed E-state index contributed by atoms with van der Waals surface area (Å²) in [5, 5.41) is 2.80. The molecule has 86 valence electrons. The highest BCUT2D eigenvalue weighted by atomic mass is 16.1. The van der Waals surface area contributed by atoms with E-state index in [4.69, 9.17) is 0 Å². The van der Waals surface area contributed by atoms with E-state index in [1.165, 1.54) is 12.8 Å². The molecule has 2 rings (SSSR count). The number of aryl methyl sites for hydroxylation is 1. The number of carbonyl (C=O) groups excluding carboxylic acids is 1. The monoisotopic (exact) mass is 219 g/mol.